The fraction of sp³-hybridized carbons (Fsp3) is 0.429. The van der Waals surface area contributed by atoms with Crippen molar-refractivity contribution < 1.29 is 14.3 Å². The lowest BCUT2D eigenvalue weighted by Gasteiger charge is -2.20. The Balaban J connectivity index is 1.99. The second-order valence-corrected chi connectivity index (χ2v) is 4.66. The predicted molar refractivity (Wildman–Crippen MR) is 70.7 cm³/mol. The Morgan fingerprint density at radius 1 is 1.42 bits per heavy atom. The molecule has 1 fully saturated rings. The number of nitrogens with one attached hydrogen (secondary N) is 1. The van der Waals surface area contributed by atoms with Crippen LogP contribution in [-0.4, -0.2) is 43.5 Å². The zero-order valence-electron chi connectivity index (χ0n) is 11.2. The van der Waals surface area contributed by atoms with E-state index in [0.717, 1.165) is 12.0 Å². The summed E-state index contributed by atoms with van der Waals surface area (Å²) in [6.07, 6.45) is 0.742. The molecule has 19 heavy (non-hydrogen) atoms. The van der Waals surface area contributed by atoms with Crippen molar-refractivity contribution >= 4 is 11.9 Å². The van der Waals surface area contributed by atoms with E-state index in [4.69, 9.17) is 4.74 Å². The lowest BCUT2D eigenvalue weighted by molar-refractivity contribution is -0.142. The zero-order chi connectivity index (χ0) is 13.8. The third-order valence-electron chi connectivity index (χ3n) is 3.31. The summed E-state index contributed by atoms with van der Waals surface area (Å²) in [5.41, 5.74) is 1.70. The Kier molecular flexibility index (Phi) is 4.16. The summed E-state index contributed by atoms with van der Waals surface area (Å²) in [5.74, 6) is -0.247. The van der Waals surface area contributed by atoms with Gasteiger partial charge < -0.3 is 10.1 Å². The molecule has 0 bridgehead atoms. The summed E-state index contributed by atoms with van der Waals surface area (Å²) in [6.45, 7) is 1.16. The number of carbonyl (C=O) groups is 2. The zero-order valence-corrected chi connectivity index (χ0v) is 11.2. The molecule has 1 N–H and O–H groups in total. The first-order chi connectivity index (χ1) is 9.11. The number of hydrogen-bond donors (Lipinski definition) is 1. The molecule has 1 saturated heterocycles. The standard InChI is InChI=1S/C14H18N2O3/c1-15-13(17)11-5-3-10(4-6-11)9-16(2)12-7-8-19-14(12)18/h3-6,12H,7-9H2,1-2H3,(H,15,17)/t12-/m0/s1. The van der Waals surface area contributed by atoms with Crippen molar-refractivity contribution in [3.63, 3.8) is 0 Å². The van der Waals surface area contributed by atoms with Crippen molar-refractivity contribution in [1.82, 2.24) is 10.2 Å². The van der Waals surface area contributed by atoms with Crippen LogP contribution < -0.4 is 5.32 Å². The fourth-order valence-electron chi connectivity index (χ4n) is 2.19. The molecule has 2 rings (SSSR count). The largest absolute Gasteiger partial charge is 0.464 e. The topological polar surface area (TPSA) is 58.6 Å². The van der Waals surface area contributed by atoms with Gasteiger partial charge in [-0.05, 0) is 24.7 Å². The third kappa shape index (κ3) is 3.12. The Morgan fingerprint density at radius 2 is 2.11 bits per heavy atom. The number of likely N-dealkylation sites (N-methyl/N-ethyl adjacent to an activating group) is 1. The lowest BCUT2D eigenvalue weighted by atomic mass is 10.1. The number of esters is 1. The van der Waals surface area contributed by atoms with Crippen LogP contribution in [-0.2, 0) is 16.1 Å². The van der Waals surface area contributed by atoms with E-state index in [9.17, 15) is 9.59 Å². The molecule has 1 heterocycles. The SMILES string of the molecule is CNC(=O)c1ccc(CN(C)[C@H]2CCOC2=O)cc1. The molecule has 0 spiro atoms. The predicted octanol–water partition coefficient (Wildman–Crippen LogP) is 0.793. The minimum absolute atomic E-state index is 0.0979. The summed E-state index contributed by atoms with van der Waals surface area (Å²) in [5, 5.41) is 2.58. The average molecular weight is 262 g/mol. The van der Waals surface area contributed by atoms with Crippen LogP contribution in [0.1, 0.15) is 22.3 Å². The van der Waals surface area contributed by atoms with Crippen molar-refractivity contribution in [3.05, 3.63) is 35.4 Å². The van der Waals surface area contributed by atoms with E-state index < -0.39 is 0 Å². The molecule has 1 amide bonds. The number of ether oxygens (including phenoxy) is 1. The average Bonchev–Trinajstić information content (AvgIpc) is 2.85. The van der Waals surface area contributed by atoms with Gasteiger partial charge in [0.2, 0.25) is 0 Å². The van der Waals surface area contributed by atoms with E-state index in [-0.39, 0.29) is 17.9 Å². The molecule has 0 saturated carbocycles. The molecule has 1 atom stereocenters. The molecule has 0 unspecified atom stereocenters. The van der Waals surface area contributed by atoms with Crippen LogP contribution in [0.5, 0.6) is 0 Å². The van der Waals surface area contributed by atoms with Crippen molar-refractivity contribution in [2.24, 2.45) is 0 Å². The highest BCUT2D eigenvalue weighted by Gasteiger charge is 2.29. The molecule has 0 aromatic heterocycles. The van der Waals surface area contributed by atoms with Crippen molar-refractivity contribution in [1.29, 1.82) is 0 Å². The fourth-order valence-corrected chi connectivity index (χ4v) is 2.19. The normalized spacial score (nSPS) is 18.5. The van der Waals surface area contributed by atoms with Crippen LogP contribution in [0.15, 0.2) is 24.3 Å². The number of hydrogen-bond acceptors (Lipinski definition) is 4. The third-order valence-corrected chi connectivity index (χ3v) is 3.31. The highest BCUT2D eigenvalue weighted by molar-refractivity contribution is 5.93. The maximum absolute atomic E-state index is 11.5. The van der Waals surface area contributed by atoms with Crippen LogP contribution in [0, 0.1) is 0 Å². The number of nitrogens with zero attached hydrogens (tertiary/aromatic N) is 1. The van der Waals surface area contributed by atoms with Gasteiger partial charge in [0.05, 0.1) is 6.61 Å². The number of benzene rings is 1. The first-order valence-electron chi connectivity index (χ1n) is 6.29. The summed E-state index contributed by atoms with van der Waals surface area (Å²) in [7, 11) is 3.51. The van der Waals surface area contributed by atoms with Crippen LogP contribution in [0.2, 0.25) is 0 Å². The van der Waals surface area contributed by atoms with Crippen molar-refractivity contribution in [2.45, 2.75) is 19.0 Å². The van der Waals surface area contributed by atoms with Gasteiger partial charge in [-0.3, -0.25) is 14.5 Å². The highest BCUT2D eigenvalue weighted by atomic mass is 16.5. The molecule has 5 heteroatoms. The lowest BCUT2D eigenvalue weighted by Crippen LogP contribution is -2.34. The quantitative estimate of drug-likeness (QED) is 0.815. The Hall–Kier alpha value is -1.88. The Labute approximate surface area is 112 Å². The van der Waals surface area contributed by atoms with Crippen molar-refractivity contribution in [2.75, 3.05) is 20.7 Å². The minimum atomic E-state index is -0.154. The molecule has 102 valence electrons. The molecular weight excluding hydrogens is 244 g/mol. The molecule has 0 aliphatic carbocycles. The first-order valence-corrected chi connectivity index (χ1v) is 6.29. The second-order valence-electron chi connectivity index (χ2n) is 4.66. The molecule has 1 aromatic rings. The maximum Gasteiger partial charge on any atom is 0.323 e. The van der Waals surface area contributed by atoms with Crippen LogP contribution in [0.25, 0.3) is 0 Å². The summed E-state index contributed by atoms with van der Waals surface area (Å²) in [4.78, 5) is 24.9. The number of cyclic esters (lactones) is 1. The van der Waals surface area contributed by atoms with Gasteiger partial charge >= 0.3 is 5.97 Å². The molecule has 5 nitrogen and oxygen atoms in total. The second kappa shape index (κ2) is 5.84. The van der Waals surface area contributed by atoms with E-state index in [1.165, 1.54) is 0 Å². The minimum Gasteiger partial charge on any atom is -0.464 e. The summed E-state index contributed by atoms with van der Waals surface area (Å²) in [6, 6.07) is 7.23. The van der Waals surface area contributed by atoms with E-state index in [1.54, 1.807) is 19.2 Å². The molecular formula is C14H18N2O3. The number of amides is 1. The van der Waals surface area contributed by atoms with E-state index in [2.05, 4.69) is 5.32 Å². The van der Waals surface area contributed by atoms with Gasteiger partial charge in [-0.1, -0.05) is 12.1 Å². The van der Waals surface area contributed by atoms with E-state index in [0.29, 0.717) is 18.7 Å². The van der Waals surface area contributed by atoms with Gasteiger partial charge in [0.15, 0.2) is 0 Å². The van der Waals surface area contributed by atoms with Gasteiger partial charge in [-0.25, -0.2) is 0 Å². The van der Waals surface area contributed by atoms with Crippen LogP contribution in [0.3, 0.4) is 0 Å². The van der Waals surface area contributed by atoms with Crippen molar-refractivity contribution in [3.8, 4) is 0 Å². The molecule has 1 aromatic carbocycles. The van der Waals surface area contributed by atoms with Gasteiger partial charge in [-0.2, -0.15) is 0 Å². The maximum atomic E-state index is 11.5. The smallest absolute Gasteiger partial charge is 0.323 e. The van der Waals surface area contributed by atoms with Crippen LogP contribution >= 0.6 is 0 Å². The van der Waals surface area contributed by atoms with Gasteiger partial charge in [0.25, 0.3) is 5.91 Å². The monoisotopic (exact) mass is 262 g/mol. The summed E-state index contributed by atoms with van der Waals surface area (Å²) < 4.78 is 4.96. The van der Waals surface area contributed by atoms with Gasteiger partial charge in [0, 0.05) is 25.6 Å². The van der Waals surface area contributed by atoms with Gasteiger partial charge in [-0.15, -0.1) is 0 Å². The number of carbonyl (C=O) groups excluding carboxylic acids is 2. The Bertz CT molecular complexity index is 470. The summed E-state index contributed by atoms with van der Waals surface area (Å²) >= 11 is 0. The van der Waals surface area contributed by atoms with E-state index in [1.807, 2.05) is 24.1 Å². The molecule has 1 aliphatic heterocycles. The van der Waals surface area contributed by atoms with Gasteiger partial charge in [0.1, 0.15) is 6.04 Å². The van der Waals surface area contributed by atoms with Crippen LogP contribution in [0.4, 0.5) is 0 Å². The van der Waals surface area contributed by atoms with E-state index >= 15 is 0 Å². The number of rotatable bonds is 4. The Morgan fingerprint density at radius 3 is 2.63 bits per heavy atom. The molecule has 0 radical (unpaired) electrons. The highest BCUT2D eigenvalue weighted by Crippen LogP contribution is 2.15. The first kappa shape index (κ1) is 13.5. The molecule has 1 aliphatic rings.